The zero-order valence-corrected chi connectivity index (χ0v) is 12.8. The highest BCUT2D eigenvalue weighted by molar-refractivity contribution is 7.89. The molecule has 0 aromatic heterocycles. The Morgan fingerprint density at radius 1 is 1.38 bits per heavy atom. The van der Waals surface area contributed by atoms with Crippen molar-refractivity contribution < 1.29 is 17.6 Å². The third kappa shape index (κ3) is 3.59. The lowest BCUT2D eigenvalue weighted by atomic mass is 10.1. The molecule has 1 aromatic rings. The summed E-state index contributed by atoms with van der Waals surface area (Å²) in [7, 11) is -3.99. The number of sulfonamides is 1. The summed E-state index contributed by atoms with van der Waals surface area (Å²) >= 11 is 0. The molecule has 21 heavy (non-hydrogen) atoms. The van der Waals surface area contributed by atoms with E-state index in [4.69, 9.17) is 5.14 Å². The first-order valence-electron chi connectivity index (χ1n) is 6.82. The summed E-state index contributed by atoms with van der Waals surface area (Å²) in [5, 5.41) is 7.83. The topological polar surface area (TPSA) is 89.3 Å². The Kier molecular flexibility index (Phi) is 4.34. The molecule has 7 heteroatoms. The summed E-state index contributed by atoms with van der Waals surface area (Å²) < 4.78 is 36.8. The molecular formula is C14H19FN2O3S. The van der Waals surface area contributed by atoms with Crippen LogP contribution in [0.5, 0.6) is 0 Å². The van der Waals surface area contributed by atoms with E-state index in [1.807, 2.05) is 0 Å². The second-order valence-electron chi connectivity index (χ2n) is 5.73. The second kappa shape index (κ2) is 5.73. The first-order chi connectivity index (χ1) is 9.68. The van der Waals surface area contributed by atoms with Crippen LogP contribution in [0.15, 0.2) is 17.0 Å². The molecule has 3 N–H and O–H groups in total. The molecule has 2 unspecified atom stereocenters. The summed E-state index contributed by atoms with van der Waals surface area (Å²) in [6, 6.07) is 2.03. The fraction of sp³-hybridized carbons (Fsp3) is 0.500. The number of aryl methyl sites for hydroxylation is 1. The van der Waals surface area contributed by atoms with E-state index in [0.29, 0.717) is 5.92 Å². The summed E-state index contributed by atoms with van der Waals surface area (Å²) in [5.74, 6) is -0.821. The molecule has 2 atom stereocenters. The Hall–Kier alpha value is -1.47. The van der Waals surface area contributed by atoms with Crippen LogP contribution in [0.3, 0.4) is 0 Å². The smallest absolute Gasteiger partial charge is 0.254 e. The SMILES string of the molecule is Cc1cc(F)c(C(=O)NC2CCC(C)C2)cc1S(N)(=O)=O. The number of halogens is 1. The van der Waals surface area contributed by atoms with Crippen molar-refractivity contribution in [1.29, 1.82) is 0 Å². The molecule has 1 amide bonds. The van der Waals surface area contributed by atoms with Crippen LogP contribution in [-0.2, 0) is 10.0 Å². The maximum absolute atomic E-state index is 13.9. The van der Waals surface area contributed by atoms with Crippen molar-refractivity contribution in [1.82, 2.24) is 5.32 Å². The highest BCUT2D eigenvalue weighted by atomic mass is 32.2. The maximum atomic E-state index is 13.9. The molecule has 0 bridgehead atoms. The molecular weight excluding hydrogens is 295 g/mol. The minimum atomic E-state index is -3.99. The van der Waals surface area contributed by atoms with E-state index < -0.39 is 21.7 Å². The van der Waals surface area contributed by atoms with Gasteiger partial charge in [-0.05, 0) is 49.8 Å². The highest BCUT2D eigenvalue weighted by Gasteiger charge is 2.25. The highest BCUT2D eigenvalue weighted by Crippen LogP contribution is 2.25. The lowest BCUT2D eigenvalue weighted by Crippen LogP contribution is -2.33. The van der Waals surface area contributed by atoms with Crippen LogP contribution in [0, 0.1) is 18.7 Å². The summed E-state index contributed by atoms with van der Waals surface area (Å²) in [6.45, 7) is 3.53. The minimum absolute atomic E-state index is 0.00568. The van der Waals surface area contributed by atoms with Crippen LogP contribution in [0.2, 0.25) is 0 Å². The third-order valence-electron chi connectivity index (χ3n) is 3.85. The molecule has 0 heterocycles. The van der Waals surface area contributed by atoms with E-state index in [1.54, 1.807) is 0 Å². The largest absolute Gasteiger partial charge is 0.349 e. The van der Waals surface area contributed by atoms with Gasteiger partial charge in [-0.1, -0.05) is 6.92 Å². The van der Waals surface area contributed by atoms with Gasteiger partial charge in [-0.3, -0.25) is 4.79 Å². The number of carbonyl (C=O) groups excluding carboxylic acids is 1. The molecule has 1 aliphatic carbocycles. The van der Waals surface area contributed by atoms with E-state index in [-0.39, 0.29) is 22.1 Å². The van der Waals surface area contributed by atoms with Gasteiger partial charge in [0.2, 0.25) is 10.0 Å². The van der Waals surface area contributed by atoms with Gasteiger partial charge in [-0.2, -0.15) is 0 Å². The second-order valence-corrected chi connectivity index (χ2v) is 7.26. The molecule has 5 nitrogen and oxygen atoms in total. The number of primary sulfonamides is 1. The van der Waals surface area contributed by atoms with Crippen molar-refractivity contribution >= 4 is 15.9 Å². The van der Waals surface area contributed by atoms with Crippen LogP contribution in [0.25, 0.3) is 0 Å². The fourth-order valence-electron chi connectivity index (χ4n) is 2.73. The van der Waals surface area contributed by atoms with Crippen molar-refractivity contribution in [2.75, 3.05) is 0 Å². The van der Waals surface area contributed by atoms with E-state index in [0.717, 1.165) is 31.4 Å². The molecule has 2 rings (SSSR count). The Morgan fingerprint density at radius 2 is 2.05 bits per heavy atom. The lowest BCUT2D eigenvalue weighted by Gasteiger charge is -2.14. The van der Waals surface area contributed by atoms with Crippen LogP contribution in [0.1, 0.15) is 42.1 Å². The average molecular weight is 314 g/mol. The zero-order valence-electron chi connectivity index (χ0n) is 12.0. The first-order valence-corrected chi connectivity index (χ1v) is 8.37. The summed E-state index contributed by atoms with van der Waals surface area (Å²) in [5.41, 5.74) is -0.106. The average Bonchev–Trinajstić information content (AvgIpc) is 2.72. The number of amides is 1. The summed E-state index contributed by atoms with van der Waals surface area (Å²) in [4.78, 5) is 11.9. The number of nitrogens with two attached hydrogens (primary N) is 1. The van der Waals surface area contributed by atoms with Crippen molar-refractivity contribution in [2.24, 2.45) is 11.1 Å². The molecule has 1 saturated carbocycles. The first kappa shape index (κ1) is 15.9. The van der Waals surface area contributed by atoms with Gasteiger partial charge < -0.3 is 5.32 Å². The van der Waals surface area contributed by atoms with E-state index in [9.17, 15) is 17.6 Å². The standard InChI is InChI=1S/C14H19FN2O3S/c1-8-3-4-10(5-8)17-14(18)11-7-13(21(16,19)20)9(2)6-12(11)15/h6-8,10H,3-5H2,1-2H3,(H,17,18)(H2,16,19,20). The van der Waals surface area contributed by atoms with Gasteiger partial charge in [0.25, 0.3) is 5.91 Å². The number of hydrogen-bond donors (Lipinski definition) is 2. The Morgan fingerprint density at radius 3 is 2.57 bits per heavy atom. The Bertz CT molecular complexity index is 673. The molecule has 1 aromatic carbocycles. The van der Waals surface area contributed by atoms with E-state index >= 15 is 0 Å². The number of rotatable bonds is 3. The van der Waals surface area contributed by atoms with Gasteiger partial charge in [-0.15, -0.1) is 0 Å². The number of nitrogens with one attached hydrogen (secondary N) is 1. The van der Waals surface area contributed by atoms with Crippen molar-refractivity contribution in [3.05, 3.63) is 29.1 Å². The van der Waals surface area contributed by atoms with Gasteiger partial charge in [0.05, 0.1) is 10.5 Å². The van der Waals surface area contributed by atoms with Gasteiger partial charge in [-0.25, -0.2) is 17.9 Å². The number of benzene rings is 1. The number of carbonyl (C=O) groups is 1. The molecule has 0 radical (unpaired) electrons. The molecule has 116 valence electrons. The zero-order chi connectivity index (χ0) is 15.8. The molecule has 1 fully saturated rings. The van der Waals surface area contributed by atoms with E-state index in [2.05, 4.69) is 12.2 Å². The monoisotopic (exact) mass is 314 g/mol. The van der Waals surface area contributed by atoms with Crippen molar-refractivity contribution in [3.63, 3.8) is 0 Å². The lowest BCUT2D eigenvalue weighted by molar-refractivity contribution is 0.0933. The van der Waals surface area contributed by atoms with Crippen molar-refractivity contribution in [3.8, 4) is 0 Å². The van der Waals surface area contributed by atoms with Crippen LogP contribution >= 0.6 is 0 Å². The number of hydrogen-bond acceptors (Lipinski definition) is 3. The minimum Gasteiger partial charge on any atom is -0.349 e. The molecule has 0 saturated heterocycles. The molecule has 1 aliphatic rings. The van der Waals surface area contributed by atoms with Gasteiger partial charge >= 0.3 is 0 Å². The predicted octanol–water partition coefficient (Wildman–Crippen LogP) is 1.70. The van der Waals surface area contributed by atoms with Gasteiger partial charge in [0, 0.05) is 6.04 Å². The van der Waals surface area contributed by atoms with Crippen LogP contribution < -0.4 is 10.5 Å². The Balaban J connectivity index is 2.29. The third-order valence-corrected chi connectivity index (χ3v) is 4.90. The normalized spacial score (nSPS) is 22.3. The Labute approximate surface area is 123 Å². The summed E-state index contributed by atoms with van der Waals surface area (Å²) in [6.07, 6.45) is 2.72. The van der Waals surface area contributed by atoms with Crippen LogP contribution in [0.4, 0.5) is 4.39 Å². The fourth-order valence-corrected chi connectivity index (χ4v) is 3.52. The van der Waals surface area contributed by atoms with E-state index in [1.165, 1.54) is 6.92 Å². The maximum Gasteiger partial charge on any atom is 0.254 e. The van der Waals surface area contributed by atoms with Crippen LogP contribution in [-0.4, -0.2) is 20.4 Å². The van der Waals surface area contributed by atoms with Crippen molar-refractivity contribution in [2.45, 2.75) is 44.0 Å². The predicted molar refractivity (Wildman–Crippen MR) is 76.8 cm³/mol. The molecule has 0 aliphatic heterocycles. The quantitative estimate of drug-likeness (QED) is 0.890. The van der Waals surface area contributed by atoms with Gasteiger partial charge in [0.15, 0.2) is 0 Å². The molecule has 0 spiro atoms. The van der Waals surface area contributed by atoms with Gasteiger partial charge in [0.1, 0.15) is 5.82 Å².